The highest BCUT2D eigenvalue weighted by molar-refractivity contribution is 7.18. The van der Waals surface area contributed by atoms with Crippen LogP contribution in [0.2, 0.25) is 0 Å². The van der Waals surface area contributed by atoms with E-state index in [1.165, 1.54) is 0 Å². The fraction of sp³-hybridized carbons (Fsp3) is 0.556. The van der Waals surface area contributed by atoms with Crippen molar-refractivity contribution in [1.82, 2.24) is 10.3 Å². The molecule has 0 aromatic carbocycles. The molecule has 1 aromatic rings. The third kappa shape index (κ3) is 4.26. The van der Waals surface area contributed by atoms with Gasteiger partial charge in [-0.15, -0.1) is 0 Å². The van der Waals surface area contributed by atoms with Crippen molar-refractivity contribution in [3.8, 4) is 0 Å². The molecule has 2 N–H and O–H groups in total. The zero-order valence-corrected chi connectivity index (χ0v) is 10.8. The summed E-state index contributed by atoms with van der Waals surface area (Å²) in [6, 6.07) is -0.521. The average Bonchev–Trinajstić information content (AvgIpc) is 2.77. The van der Waals surface area contributed by atoms with Crippen LogP contribution in [0.25, 0.3) is 0 Å². The van der Waals surface area contributed by atoms with Crippen LogP contribution >= 0.6 is 11.3 Å². The number of nitrogens with one attached hydrogen (secondary N) is 2. The van der Waals surface area contributed by atoms with Crippen molar-refractivity contribution >= 4 is 27.4 Å². The fourth-order valence-corrected chi connectivity index (χ4v) is 1.82. The molecule has 9 heteroatoms. The van der Waals surface area contributed by atoms with Crippen molar-refractivity contribution in [2.45, 2.75) is 13.0 Å². The molecule has 1 atom stereocenters. The van der Waals surface area contributed by atoms with Gasteiger partial charge in [-0.3, -0.25) is 14.9 Å². The zero-order valence-electron chi connectivity index (χ0n) is 10.0. The van der Waals surface area contributed by atoms with E-state index < -0.39 is 11.0 Å². The van der Waals surface area contributed by atoms with Crippen molar-refractivity contribution in [2.24, 2.45) is 0 Å². The Morgan fingerprint density at radius 3 is 3.00 bits per heavy atom. The van der Waals surface area contributed by atoms with Gasteiger partial charge in [0.1, 0.15) is 12.2 Å². The van der Waals surface area contributed by atoms with Gasteiger partial charge >= 0.3 is 5.00 Å². The number of nitro groups is 1. The number of aromatic nitrogens is 1. The maximum atomic E-state index is 11.6. The highest BCUT2D eigenvalue weighted by atomic mass is 32.1. The van der Waals surface area contributed by atoms with Gasteiger partial charge in [0.25, 0.3) is 0 Å². The molecule has 1 rings (SSSR count). The first kappa shape index (κ1) is 14.3. The van der Waals surface area contributed by atoms with Crippen LogP contribution in [0.3, 0.4) is 0 Å². The van der Waals surface area contributed by atoms with E-state index in [1.54, 1.807) is 14.0 Å². The zero-order chi connectivity index (χ0) is 13.5. The minimum Gasteiger partial charge on any atom is -0.383 e. The molecule has 0 saturated carbocycles. The Balaban J connectivity index is 2.45. The number of nitrogens with zero attached hydrogens (tertiary/aromatic N) is 2. The molecule has 0 saturated heterocycles. The predicted octanol–water partition coefficient (Wildman–Crippen LogP) is 0.614. The minimum atomic E-state index is -0.522. The maximum Gasteiger partial charge on any atom is 0.345 e. The van der Waals surface area contributed by atoms with Crippen molar-refractivity contribution in [3.63, 3.8) is 0 Å². The van der Waals surface area contributed by atoms with E-state index in [0.29, 0.717) is 18.3 Å². The number of carbonyl (C=O) groups excluding carboxylic acids is 1. The van der Waals surface area contributed by atoms with Crippen LogP contribution in [-0.4, -0.2) is 42.1 Å². The van der Waals surface area contributed by atoms with Crippen molar-refractivity contribution in [2.75, 3.05) is 25.6 Å². The summed E-state index contributed by atoms with van der Waals surface area (Å²) in [5.74, 6) is -0.218. The van der Waals surface area contributed by atoms with E-state index in [-0.39, 0.29) is 10.9 Å². The molecule has 1 aromatic heterocycles. The summed E-state index contributed by atoms with van der Waals surface area (Å²) in [6.45, 7) is 2.50. The molecule has 0 fully saturated rings. The maximum absolute atomic E-state index is 11.6. The van der Waals surface area contributed by atoms with E-state index in [0.717, 1.165) is 17.5 Å². The van der Waals surface area contributed by atoms with Gasteiger partial charge in [-0.2, -0.15) is 0 Å². The lowest BCUT2D eigenvalue weighted by atomic mass is 10.3. The topological polar surface area (TPSA) is 106 Å². The summed E-state index contributed by atoms with van der Waals surface area (Å²) in [5.41, 5.74) is 0. The quantitative estimate of drug-likeness (QED) is 0.429. The molecule has 1 unspecified atom stereocenters. The predicted molar refractivity (Wildman–Crippen MR) is 66.7 cm³/mol. The number of amides is 1. The highest BCUT2D eigenvalue weighted by Crippen LogP contribution is 2.25. The van der Waals surface area contributed by atoms with Gasteiger partial charge in [0.15, 0.2) is 5.13 Å². The normalized spacial score (nSPS) is 11.9. The number of anilines is 1. The highest BCUT2D eigenvalue weighted by Gasteiger charge is 2.16. The van der Waals surface area contributed by atoms with Crippen LogP contribution in [0.15, 0.2) is 6.20 Å². The van der Waals surface area contributed by atoms with Gasteiger partial charge in [0.2, 0.25) is 5.91 Å². The molecular formula is C9H14N4O4S. The standard InChI is InChI=1S/C9H14N4O4S/c1-6(8(14)10-3-4-17-2)12-9-11-5-7(18-9)13(15)16/h5-6H,3-4H2,1-2H3,(H,10,14)(H,11,12). The fourth-order valence-electron chi connectivity index (χ4n) is 1.10. The van der Waals surface area contributed by atoms with Gasteiger partial charge in [-0.25, -0.2) is 4.98 Å². The average molecular weight is 274 g/mol. The number of methoxy groups -OCH3 is 1. The number of rotatable bonds is 7. The summed E-state index contributed by atoms with van der Waals surface area (Å²) in [6.07, 6.45) is 1.16. The monoisotopic (exact) mass is 274 g/mol. The first-order valence-corrected chi connectivity index (χ1v) is 5.99. The number of hydrogen-bond acceptors (Lipinski definition) is 7. The second-order valence-electron chi connectivity index (χ2n) is 3.41. The van der Waals surface area contributed by atoms with E-state index >= 15 is 0 Å². The van der Waals surface area contributed by atoms with Crippen molar-refractivity contribution < 1.29 is 14.5 Å². The Bertz CT molecular complexity index is 422. The van der Waals surface area contributed by atoms with Gasteiger partial charge in [-0.05, 0) is 18.3 Å². The van der Waals surface area contributed by atoms with Crippen LogP contribution in [0.5, 0.6) is 0 Å². The minimum absolute atomic E-state index is 0.0653. The molecule has 1 heterocycles. The first-order valence-electron chi connectivity index (χ1n) is 5.18. The summed E-state index contributed by atoms with van der Waals surface area (Å²) >= 11 is 0.889. The van der Waals surface area contributed by atoms with Crippen molar-refractivity contribution in [3.05, 3.63) is 16.3 Å². The second-order valence-corrected chi connectivity index (χ2v) is 4.42. The molecule has 8 nitrogen and oxygen atoms in total. The molecule has 1 amide bonds. The van der Waals surface area contributed by atoms with E-state index in [2.05, 4.69) is 15.6 Å². The third-order valence-corrected chi connectivity index (χ3v) is 2.89. The summed E-state index contributed by atoms with van der Waals surface area (Å²) in [7, 11) is 1.54. The second kappa shape index (κ2) is 6.87. The van der Waals surface area contributed by atoms with Crippen LogP contribution in [0.1, 0.15) is 6.92 Å². The van der Waals surface area contributed by atoms with E-state index in [9.17, 15) is 14.9 Å². The lowest BCUT2D eigenvalue weighted by Gasteiger charge is -2.12. The van der Waals surface area contributed by atoms with Gasteiger partial charge in [0.05, 0.1) is 11.5 Å². The van der Waals surface area contributed by atoms with Crippen LogP contribution in [0.4, 0.5) is 10.1 Å². The largest absolute Gasteiger partial charge is 0.383 e. The Hall–Kier alpha value is -1.74. The van der Waals surface area contributed by atoms with Crippen LogP contribution in [-0.2, 0) is 9.53 Å². The Morgan fingerprint density at radius 1 is 1.72 bits per heavy atom. The van der Waals surface area contributed by atoms with Gasteiger partial charge < -0.3 is 15.4 Å². The Labute approximate surface area is 108 Å². The van der Waals surface area contributed by atoms with Gasteiger partial charge in [0, 0.05) is 13.7 Å². The van der Waals surface area contributed by atoms with Gasteiger partial charge in [-0.1, -0.05) is 0 Å². The molecule has 0 aliphatic rings. The lowest BCUT2D eigenvalue weighted by molar-refractivity contribution is -0.380. The van der Waals surface area contributed by atoms with Crippen LogP contribution in [0, 0.1) is 10.1 Å². The van der Waals surface area contributed by atoms with E-state index in [1.807, 2.05) is 0 Å². The number of ether oxygens (including phenoxy) is 1. The number of thiazole rings is 1. The summed E-state index contributed by atoms with van der Waals surface area (Å²) < 4.78 is 4.80. The van der Waals surface area contributed by atoms with Crippen LogP contribution < -0.4 is 10.6 Å². The molecule has 0 aliphatic carbocycles. The number of carbonyl (C=O) groups is 1. The Morgan fingerprint density at radius 2 is 2.44 bits per heavy atom. The smallest absolute Gasteiger partial charge is 0.345 e. The molecule has 100 valence electrons. The molecule has 0 aliphatic heterocycles. The third-order valence-electron chi connectivity index (χ3n) is 2.01. The summed E-state index contributed by atoms with van der Waals surface area (Å²) in [5, 5.41) is 16.2. The SMILES string of the molecule is COCCNC(=O)C(C)Nc1ncc([N+](=O)[O-])s1. The first-order chi connectivity index (χ1) is 8.54. The molecule has 0 radical (unpaired) electrons. The molecular weight excluding hydrogens is 260 g/mol. The molecule has 0 bridgehead atoms. The molecule has 0 spiro atoms. The van der Waals surface area contributed by atoms with E-state index in [4.69, 9.17) is 4.74 Å². The molecule has 18 heavy (non-hydrogen) atoms. The number of hydrogen-bond donors (Lipinski definition) is 2. The lowest BCUT2D eigenvalue weighted by Crippen LogP contribution is -2.38. The Kier molecular flexibility index (Phi) is 5.46. The van der Waals surface area contributed by atoms with Crippen molar-refractivity contribution in [1.29, 1.82) is 0 Å². The summed E-state index contributed by atoms with van der Waals surface area (Å²) in [4.78, 5) is 25.3.